The van der Waals surface area contributed by atoms with Crippen molar-refractivity contribution in [3.05, 3.63) is 51.4 Å². The van der Waals surface area contributed by atoms with E-state index in [4.69, 9.17) is 17.3 Å². The Balaban J connectivity index is 2.36. The topological polar surface area (TPSA) is 71.8 Å². The van der Waals surface area contributed by atoms with Gasteiger partial charge in [0.2, 0.25) is 0 Å². The van der Waals surface area contributed by atoms with Crippen molar-refractivity contribution in [1.29, 1.82) is 0 Å². The second-order valence-corrected chi connectivity index (χ2v) is 5.01. The highest BCUT2D eigenvalue weighted by molar-refractivity contribution is 7.99. The molecule has 0 bridgehead atoms. The Morgan fingerprint density at radius 2 is 2.22 bits per heavy atom. The first-order valence-electron chi connectivity index (χ1n) is 5.41. The molecule has 0 spiro atoms. The van der Waals surface area contributed by atoms with Gasteiger partial charge in [0.25, 0.3) is 5.56 Å². The molecule has 0 fully saturated rings. The zero-order chi connectivity index (χ0) is 13.0. The Hall–Kier alpha value is -1.30. The van der Waals surface area contributed by atoms with E-state index >= 15 is 0 Å². The minimum atomic E-state index is -0.181. The number of H-pyrrole nitrogens is 1. The van der Waals surface area contributed by atoms with Gasteiger partial charge in [0.05, 0.1) is 5.02 Å². The number of aromatic nitrogens is 2. The molecule has 0 aliphatic heterocycles. The molecule has 0 saturated heterocycles. The number of nitrogens with zero attached hydrogens (tertiary/aromatic N) is 1. The van der Waals surface area contributed by atoms with Gasteiger partial charge in [0.1, 0.15) is 0 Å². The Morgan fingerprint density at radius 1 is 1.39 bits per heavy atom. The third kappa shape index (κ3) is 3.13. The largest absolute Gasteiger partial charge is 0.330 e. The van der Waals surface area contributed by atoms with Crippen LogP contribution in [0, 0.1) is 0 Å². The lowest BCUT2D eigenvalue weighted by atomic mass is 10.1. The first kappa shape index (κ1) is 13.1. The third-order valence-corrected chi connectivity index (χ3v) is 3.82. The van der Waals surface area contributed by atoms with Crippen LogP contribution >= 0.6 is 23.4 Å². The second kappa shape index (κ2) is 6.04. The second-order valence-electron chi connectivity index (χ2n) is 3.61. The van der Waals surface area contributed by atoms with Crippen LogP contribution in [-0.4, -0.2) is 16.5 Å². The van der Waals surface area contributed by atoms with Crippen LogP contribution in [0.15, 0.2) is 45.3 Å². The van der Waals surface area contributed by atoms with Gasteiger partial charge in [-0.3, -0.25) is 4.79 Å². The van der Waals surface area contributed by atoms with Gasteiger partial charge in [-0.05, 0) is 36.4 Å². The minimum absolute atomic E-state index is 0.181. The number of rotatable bonds is 4. The molecule has 1 aromatic carbocycles. The maximum absolute atomic E-state index is 11.2. The van der Waals surface area contributed by atoms with E-state index < -0.39 is 0 Å². The zero-order valence-electron chi connectivity index (χ0n) is 9.52. The van der Waals surface area contributed by atoms with Crippen molar-refractivity contribution in [2.75, 3.05) is 6.54 Å². The molecule has 18 heavy (non-hydrogen) atoms. The van der Waals surface area contributed by atoms with Crippen LogP contribution in [0.25, 0.3) is 0 Å². The number of hydrogen-bond acceptors (Lipinski definition) is 4. The van der Waals surface area contributed by atoms with Crippen molar-refractivity contribution in [3.63, 3.8) is 0 Å². The average molecular weight is 282 g/mol. The van der Waals surface area contributed by atoms with Gasteiger partial charge in [0, 0.05) is 17.2 Å². The highest BCUT2D eigenvalue weighted by Crippen LogP contribution is 2.34. The number of aromatic amines is 1. The monoisotopic (exact) mass is 281 g/mol. The quantitative estimate of drug-likeness (QED) is 0.842. The molecule has 1 heterocycles. The lowest BCUT2D eigenvalue weighted by molar-refractivity contribution is 0.923. The molecular weight excluding hydrogens is 270 g/mol. The zero-order valence-corrected chi connectivity index (χ0v) is 11.1. The van der Waals surface area contributed by atoms with E-state index in [-0.39, 0.29) is 5.56 Å². The van der Waals surface area contributed by atoms with E-state index in [1.165, 1.54) is 24.0 Å². The fourth-order valence-electron chi connectivity index (χ4n) is 1.52. The van der Waals surface area contributed by atoms with Crippen LogP contribution in [-0.2, 0) is 6.42 Å². The summed E-state index contributed by atoms with van der Waals surface area (Å²) in [6.07, 6.45) is 2.21. The van der Waals surface area contributed by atoms with Gasteiger partial charge in [0.15, 0.2) is 5.16 Å². The minimum Gasteiger partial charge on any atom is -0.330 e. The van der Waals surface area contributed by atoms with Crippen molar-refractivity contribution >= 4 is 23.4 Å². The Kier molecular flexibility index (Phi) is 4.41. The molecular formula is C12H12ClN3OS. The van der Waals surface area contributed by atoms with Crippen molar-refractivity contribution in [2.45, 2.75) is 16.5 Å². The van der Waals surface area contributed by atoms with Crippen molar-refractivity contribution in [1.82, 2.24) is 9.97 Å². The molecule has 94 valence electrons. The van der Waals surface area contributed by atoms with Gasteiger partial charge >= 0.3 is 0 Å². The lowest BCUT2D eigenvalue weighted by Crippen LogP contribution is -2.06. The summed E-state index contributed by atoms with van der Waals surface area (Å²) in [5.41, 5.74) is 6.45. The summed E-state index contributed by atoms with van der Waals surface area (Å²) in [5.74, 6) is 0. The summed E-state index contributed by atoms with van der Waals surface area (Å²) in [5, 5.41) is 1.16. The normalized spacial score (nSPS) is 10.6. The summed E-state index contributed by atoms with van der Waals surface area (Å²) in [4.78, 5) is 18.9. The van der Waals surface area contributed by atoms with Gasteiger partial charge in [-0.25, -0.2) is 4.98 Å². The molecule has 0 unspecified atom stereocenters. The van der Waals surface area contributed by atoms with Crippen LogP contribution in [0.5, 0.6) is 0 Å². The number of nitrogens with two attached hydrogens (primary N) is 1. The molecule has 0 atom stereocenters. The highest BCUT2D eigenvalue weighted by Gasteiger charge is 2.09. The summed E-state index contributed by atoms with van der Waals surface area (Å²) >= 11 is 7.51. The Bertz CT molecular complexity index is 600. The molecule has 6 heteroatoms. The molecule has 3 N–H and O–H groups in total. The van der Waals surface area contributed by atoms with Gasteiger partial charge in [-0.1, -0.05) is 23.7 Å². The maximum Gasteiger partial charge on any atom is 0.251 e. The van der Waals surface area contributed by atoms with Crippen molar-refractivity contribution in [3.8, 4) is 0 Å². The molecule has 0 saturated carbocycles. The van der Waals surface area contributed by atoms with Crippen LogP contribution in [0.1, 0.15) is 5.56 Å². The third-order valence-electron chi connectivity index (χ3n) is 2.31. The first-order valence-corrected chi connectivity index (χ1v) is 6.61. The molecule has 1 aromatic heterocycles. The van der Waals surface area contributed by atoms with Crippen LogP contribution < -0.4 is 11.3 Å². The van der Waals surface area contributed by atoms with Crippen molar-refractivity contribution < 1.29 is 0 Å². The number of halogens is 1. The Morgan fingerprint density at radius 3 is 2.94 bits per heavy atom. The number of hydrogen-bond donors (Lipinski definition) is 2. The number of nitrogens with one attached hydrogen (secondary N) is 1. The number of benzene rings is 1. The van der Waals surface area contributed by atoms with E-state index in [2.05, 4.69) is 9.97 Å². The fraction of sp³-hybridized carbons (Fsp3) is 0.167. The maximum atomic E-state index is 11.2. The molecule has 0 radical (unpaired) electrons. The highest BCUT2D eigenvalue weighted by atomic mass is 35.5. The SMILES string of the molecule is NCCc1cccc(Cl)c1Sc1nccc(=O)[nH]1. The summed E-state index contributed by atoms with van der Waals surface area (Å²) in [6, 6.07) is 7.04. The molecule has 2 aromatic rings. The fourth-order valence-corrected chi connectivity index (χ4v) is 2.76. The van der Waals surface area contributed by atoms with Gasteiger partial charge in [-0.15, -0.1) is 0 Å². The van der Waals surface area contributed by atoms with Gasteiger partial charge in [-0.2, -0.15) is 0 Å². The predicted molar refractivity (Wildman–Crippen MR) is 73.2 cm³/mol. The van der Waals surface area contributed by atoms with E-state index in [1.54, 1.807) is 0 Å². The standard InChI is InChI=1S/C12H12ClN3OS/c13-9-3-1-2-8(4-6-14)11(9)18-12-15-7-5-10(17)16-12/h1-3,5,7H,4,6,14H2,(H,15,16,17). The smallest absolute Gasteiger partial charge is 0.251 e. The van der Waals surface area contributed by atoms with Gasteiger partial charge < -0.3 is 10.7 Å². The lowest BCUT2D eigenvalue weighted by Gasteiger charge is -2.09. The van der Waals surface area contributed by atoms with E-state index in [9.17, 15) is 4.79 Å². The molecule has 0 aliphatic carbocycles. The Labute approximate surface area is 114 Å². The van der Waals surface area contributed by atoms with E-state index in [0.717, 1.165) is 16.9 Å². The molecule has 2 rings (SSSR count). The summed E-state index contributed by atoms with van der Waals surface area (Å²) in [7, 11) is 0. The summed E-state index contributed by atoms with van der Waals surface area (Å²) in [6.45, 7) is 0.548. The van der Waals surface area contributed by atoms with E-state index in [0.29, 0.717) is 16.7 Å². The van der Waals surface area contributed by atoms with Crippen LogP contribution in [0.4, 0.5) is 0 Å². The molecule has 0 amide bonds. The van der Waals surface area contributed by atoms with Crippen LogP contribution in [0.2, 0.25) is 5.02 Å². The predicted octanol–water partition coefficient (Wildman–Crippen LogP) is 2.08. The van der Waals surface area contributed by atoms with E-state index in [1.807, 2.05) is 18.2 Å². The van der Waals surface area contributed by atoms with Crippen LogP contribution in [0.3, 0.4) is 0 Å². The first-order chi connectivity index (χ1) is 8.70. The van der Waals surface area contributed by atoms with Crippen molar-refractivity contribution in [2.24, 2.45) is 5.73 Å². The average Bonchev–Trinajstić information content (AvgIpc) is 2.34. The molecule has 0 aliphatic rings. The molecule has 4 nitrogen and oxygen atoms in total. The summed E-state index contributed by atoms with van der Waals surface area (Å²) < 4.78 is 0.